The number of fused-ring (bicyclic) bond motifs is 1. The van der Waals surface area contributed by atoms with Crippen molar-refractivity contribution in [2.45, 2.75) is 25.8 Å². The molecule has 1 aromatic carbocycles. The number of ether oxygens (including phenoxy) is 2. The van der Waals surface area contributed by atoms with E-state index in [1.165, 1.54) is 19.3 Å². The molecule has 2 aliphatic heterocycles. The Hall–Kier alpha value is -2.57. The smallest absolute Gasteiger partial charge is 0.244 e. The van der Waals surface area contributed by atoms with Crippen LogP contribution in [-0.2, 0) is 6.54 Å². The maximum Gasteiger partial charge on any atom is 0.244 e. The monoisotopic (exact) mass is 313 g/mol. The van der Waals surface area contributed by atoms with E-state index in [2.05, 4.69) is 25.4 Å². The minimum Gasteiger partial charge on any atom is -0.454 e. The lowest BCUT2D eigenvalue weighted by Gasteiger charge is -2.27. The van der Waals surface area contributed by atoms with Gasteiger partial charge in [0, 0.05) is 19.6 Å². The van der Waals surface area contributed by atoms with Gasteiger partial charge in [0.15, 0.2) is 17.3 Å². The quantitative estimate of drug-likeness (QED) is 0.927. The lowest BCUT2D eigenvalue weighted by atomic mass is 10.1. The number of piperidine rings is 1. The van der Waals surface area contributed by atoms with Gasteiger partial charge in [-0.15, -0.1) is 5.10 Å². The molecule has 0 spiro atoms. The average Bonchev–Trinajstić information content (AvgIpc) is 3.09. The Balaban J connectivity index is 1.42. The number of rotatable bonds is 4. The fourth-order valence-corrected chi connectivity index (χ4v) is 2.88. The molecule has 1 N–H and O–H groups in total. The largest absolute Gasteiger partial charge is 0.454 e. The summed E-state index contributed by atoms with van der Waals surface area (Å²) in [5.41, 5.74) is 1.08. The van der Waals surface area contributed by atoms with Crippen molar-refractivity contribution in [3.63, 3.8) is 0 Å². The zero-order valence-electron chi connectivity index (χ0n) is 12.9. The predicted octanol–water partition coefficient (Wildman–Crippen LogP) is 2.20. The van der Waals surface area contributed by atoms with Gasteiger partial charge in [-0.1, -0.05) is 6.07 Å². The van der Waals surface area contributed by atoms with Crippen molar-refractivity contribution in [2.24, 2.45) is 0 Å². The molecular weight excluding hydrogens is 294 g/mol. The Labute approximate surface area is 134 Å². The number of benzene rings is 1. The van der Waals surface area contributed by atoms with E-state index in [1.54, 1.807) is 6.20 Å². The first kappa shape index (κ1) is 14.0. The topological polar surface area (TPSA) is 72.4 Å². The van der Waals surface area contributed by atoms with Crippen molar-refractivity contribution in [3.05, 3.63) is 30.0 Å². The molecule has 4 rings (SSSR count). The molecule has 1 saturated heterocycles. The highest BCUT2D eigenvalue weighted by Crippen LogP contribution is 2.32. The third-order valence-electron chi connectivity index (χ3n) is 4.11. The Kier molecular flexibility index (Phi) is 3.83. The van der Waals surface area contributed by atoms with Gasteiger partial charge >= 0.3 is 0 Å². The lowest BCUT2D eigenvalue weighted by molar-refractivity contribution is 0.174. The van der Waals surface area contributed by atoms with Crippen LogP contribution in [0.3, 0.4) is 0 Å². The second-order valence-corrected chi connectivity index (χ2v) is 5.73. The van der Waals surface area contributed by atoms with Crippen molar-refractivity contribution in [1.82, 2.24) is 15.2 Å². The maximum atomic E-state index is 5.39. The van der Waals surface area contributed by atoms with Gasteiger partial charge < -0.3 is 19.7 Å². The van der Waals surface area contributed by atoms with Gasteiger partial charge in [-0.2, -0.15) is 10.1 Å². The number of hydrogen-bond acceptors (Lipinski definition) is 7. The van der Waals surface area contributed by atoms with Crippen LogP contribution in [0.5, 0.6) is 11.5 Å². The zero-order valence-corrected chi connectivity index (χ0v) is 12.9. The van der Waals surface area contributed by atoms with Crippen LogP contribution in [0.4, 0.5) is 11.8 Å². The molecule has 120 valence electrons. The molecule has 0 amide bonds. The highest BCUT2D eigenvalue weighted by molar-refractivity contribution is 5.46. The molecule has 2 aliphatic rings. The third-order valence-corrected chi connectivity index (χ3v) is 4.11. The van der Waals surface area contributed by atoms with Crippen molar-refractivity contribution in [2.75, 3.05) is 30.1 Å². The van der Waals surface area contributed by atoms with Gasteiger partial charge in [-0.05, 0) is 37.0 Å². The molecule has 23 heavy (non-hydrogen) atoms. The Morgan fingerprint density at radius 1 is 1.09 bits per heavy atom. The molecule has 0 unspecified atom stereocenters. The van der Waals surface area contributed by atoms with Crippen molar-refractivity contribution in [3.8, 4) is 11.5 Å². The molecule has 0 aliphatic carbocycles. The van der Waals surface area contributed by atoms with Crippen LogP contribution in [-0.4, -0.2) is 35.1 Å². The summed E-state index contributed by atoms with van der Waals surface area (Å²) in [7, 11) is 0. The molecular formula is C16H19N5O2. The molecule has 0 atom stereocenters. The Morgan fingerprint density at radius 3 is 2.87 bits per heavy atom. The molecule has 0 radical (unpaired) electrons. The normalized spacial score (nSPS) is 16.4. The zero-order chi connectivity index (χ0) is 15.5. The Bertz CT molecular complexity index is 688. The van der Waals surface area contributed by atoms with Crippen LogP contribution < -0.4 is 19.7 Å². The molecule has 1 fully saturated rings. The molecule has 7 nitrogen and oxygen atoms in total. The van der Waals surface area contributed by atoms with Crippen LogP contribution in [0.15, 0.2) is 24.4 Å². The number of aromatic nitrogens is 3. The van der Waals surface area contributed by atoms with E-state index in [4.69, 9.17) is 9.47 Å². The van der Waals surface area contributed by atoms with E-state index < -0.39 is 0 Å². The van der Waals surface area contributed by atoms with Gasteiger partial charge in [-0.25, -0.2) is 0 Å². The highest BCUT2D eigenvalue weighted by atomic mass is 16.7. The summed E-state index contributed by atoms with van der Waals surface area (Å²) in [6.45, 7) is 2.99. The fourth-order valence-electron chi connectivity index (χ4n) is 2.88. The van der Waals surface area contributed by atoms with E-state index in [9.17, 15) is 0 Å². The van der Waals surface area contributed by atoms with Crippen LogP contribution in [0.2, 0.25) is 0 Å². The summed E-state index contributed by atoms with van der Waals surface area (Å²) in [5, 5.41) is 11.4. The standard InChI is InChI=1S/C16H19N5O2/c1-2-6-21(7-3-1)15-10-18-20-16(19-15)17-9-12-4-5-13-14(8-12)23-11-22-13/h4-5,8,10H,1-3,6-7,9,11H2,(H,17,19,20). The first-order chi connectivity index (χ1) is 11.4. The van der Waals surface area contributed by atoms with E-state index in [1.807, 2.05) is 18.2 Å². The third kappa shape index (κ3) is 3.13. The molecule has 0 bridgehead atoms. The first-order valence-electron chi connectivity index (χ1n) is 7.95. The van der Waals surface area contributed by atoms with Gasteiger partial charge in [0.05, 0.1) is 6.20 Å². The highest BCUT2D eigenvalue weighted by Gasteiger charge is 2.15. The number of nitrogens with zero attached hydrogens (tertiary/aromatic N) is 4. The molecule has 1 aromatic heterocycles. The SMILES string of the molecule is c1cc2c(cc1CNc1nncc(N3CCCCC3)n1)OCO2. The molecule has 7 heteroatoms. The van der Waals surface area contributed by atoms with E-state index >= 15 is 0 Å². The van der Waals surface area contributed by atoms with Crippen LogP contribution in [0, 0.1) is 0 Å². The van der Waals surface area contributed by atoms with Gasteiger partial charge in [0.1, 0.15) is 0 Å². The second kappa shape index (κ2) is 6.28. The van der Waals surface area contributed by atoms with Crippen LogP contribution >= 0.6 is 0 Å². The van der Waals surface area contributed by atoms with Crippen LogP contribution in [0.25, 0.3) is 0 Å². The minimum atomic E-state index is 0.289. The summed E-state index contributed by atoms with van der Waals surface area (Å²) in [6, 6.07) is 5.89. The van der Waals surface area contributed by atoms with Gasteiger partial charge in [-0.3, -0.25) is 0 Å². The maximum absolute atomic E-state index is 5.39. The second-order valence-electron chi connectivity index (χ2n) is 5.73. The number of nitrogens with one attached hydrogen (secondary N) is 1. The molecule has 3 heterocycles. The van der Waals surface area contributed by atoms with E-state index in [-0.39, 0.29) is 6.79 Å². The van der Waals surface area contributed by atoms with Crippen molar-refractivity contribution < 1.29 is 9.47 Å². The summed E-state index contributed by atoms with van der Waals surface area (Å²) < 4.78 is 10.7. The minimum absolute atomic E-state index is 0.289. The van der Waals surface area contributed by atoms with Crippen LogP contribution in [0.1, 0.15) is 24.8 Å². The number of anilines is 2. The molecule has 2 aromatic rings. The summed E-state index contributed by atoms with van der Waals surface area (Å²) in [5.74, 6) is 3.02. The number of hydrogen-bond donors (Lipinski definition) is 1. The summed E-state index contributed by atoms with van der Waals surface area (Å²) in [4.78, 5) is 6.84. The Morgan fingerprint density at radius 2 is 1.96 bits per heavy atom. The first-order valence-corrected chi connectivity index (χ1v) is 7.95. The van der Waals surface area contributed by atoms with Crippen molar-refractivity contribution in [1.29, 1.82) is 0 Å². The van der Waals surface area contributed by atoms with Gasteiger partial charge in [0.2, 0.25) is 12.7 Å². The summed E-state index contributed by atoms with van der Waals surface area (Å²) >= 11 is 0. The van der Waals surface area contributed by atoms with E-state index in [0.717, 1.165) is 36.0 Å². The summed E-state index contributed by atoms with van der Waals surface area (Å²) in [6.07, 6.45) is 5.45. The molecule has 0 saturated carbocycles. The van der Waals surface area contributed by atoms with Gasteiger partial charge in [0.25, 0.3) is 0 Å². The van der Waals surface area contributed by atoms with Crippen molar-refractivity contribution >= 4 is 11.8 Å². The average molecular weight is 313 g/mol. The lowest BCUT2D eigenvalue weighted by Crippen LogP contribution is -2.30. The van der Waals surface area contributed by atoms with E-state index in [0.29, 0.717) is 12.5 Å². The fraction of sp³-hybridized carbons (Fsp3) is 0.438. The predicted molar refractivity (Wildman–Crippen MR) is 85.8 cm³/mol.